The van der Waals surface area contributed by atoms with E-state index in [4.69, 9.17) is 4.74 Å². The number of β-amino-alcohol motifs (C(OH)–C–C–N with tert-alkyl or cyclic N) is 1. The predicted octanol–water partition coefficient (Wildman–Crippen LogP) is 0.0197. The third-order valence-corrected chi connectivity index (χ3v) is 2.69. The summed E-state index contributed by atoms with van der Waals surface area (Å²) in [6, 6.07) is 0. The van der Waals surface area contributed by atoms with Gasteiger partial charge in [-0.25, -0.2) is 0 Å². The van der Waals surface area contributed by atoms with Crippen LogP contribution in [0.2, 0.25) is 0 Å². The van der Waals surface area contributed by atoms with E-state index in [1.54, 1.807) is 0 Å². The lowest BCUT2D eigenvalue weighted by Crippen LogP contribution is -2.47. The molecule has 1 aliphatic heterocycles. The molecule has 0 unspecified atom stereocenters. The van der Waals surface area contributed by atoms with Gasteiger partial charge in [0.1, 0.15) is 0 Å². The molecule has 4 heteroatoms. The molecule has 1 aliphatic rings. The topological polar surface area (TPSA) is 35.9 Å². The molecule has 1 heterocycles. The summed E-state index contributed by atoms with van der Waals surface area (Å²) in [4.78, 5) is 4.61. The summed E-state index contributed by atoms with van der Waals surface area (Å²) in [5, 5.41) is 9.74. The maximum Gasteiger partial charge on any atom is 0.0900 e. The standard InChI is InChI=1S/C11H24N2O2/c1-10(2)15-9-11(14)8-13-6-4-12(3)5-7-13/h10-11,14H,4-9H2,1-3H3/t11-/m1/s1. The monoisotopic (exact) mass is 216 g/mol. The largest absolute Gasteiger partial charge is 0.389 e. The fourth-order valence-electron chi connectivity index (χ4n) is 1.68. The van der Waals surface area contributed by atoms with Crippen LogP contribution < -0.4 is 0 Å². The first-order valence-electron chi connectivity index (χ1n) is 5.78. The second kappa shape index (κ2) is 6.43. The maximum absolute atomic E-state index is 9.74. The van der Waals surface area contributed by atoms with Crippen LogP contribution in [0.15, 0.2) is 0 Å². The SMILES string of the molecule is CC(C)OC[C@H](O)CN1CCN(C)CC1. The summed E-state index contributed by atoms with van der Waals surface area (Å²) in [7, 11) is 2.13. The zero-order valence-electron chi connectivity index (χ0n) is 10.1. The number of piperazine rings is 1. The lowest BCUT2D eigenvalue weighted by Gasteiger charge is -2.33. The molecule has 1 rings (SSSR count). The van der Waals surface area contributed by atoms with Crippen LogP contribution in [-0.4, -0.2) is 73.5 Å². The van der Waals surface area contributed by atoms with Crippen molar-refractivity contribution in [1.82, 2.24) is 9.80 Å². The third-order valence-electron chi connectivity index (χ3n) is 2.69. The van der Waals surface area contributed by atoms with E-state index in [1.165, 1.54) is 0 Å². The van der Waals surface area contributed by atoms with E-state index < -0.39 is 0 Å². The highest BCUT2D eigenvalue weighted by molar-refractivity contribution is 4.72. The Balaban J connectivity index is 2.12. The maximum atomic E-state index is 9.74. The summed E-state index contributed by atoms with van der Waals surface area (Å²) in [6.07, 6.45) is -0.150. The number of aliphatic hydroxyl groups is 1. The van der Waals surface area contributed by atoms with Crippen LogP contribution >= 0.6 is 0 Å². The fourth-order valence-corrected chi connectivity index (χ4v) is 1.68. The van der Waals surface area contributed by atoms with Gasteiger partial charge in [0, 0.05) is 32.7 Å². The smallest absolute Gasteiger partial charge is 0.0900 e. The number of hydrogen-bond acceptors (Lipinski definition) is 4. The van der Waals surface area contributed by atoms with Crippen LogP contribution in [-0.2, 0) is 4.74 Å². The van der Waals surface area contributed by atoms with E-state index in [0.717, 1.165) is 32.7 Å². The van der Waals surface area contributed by atoms with Gasteiger partial charge in [0.15, 0.2) is 0 Å². The average Bonchev–Trinajstić information content (AvgIpc) is 2.19. The summed E-state index contributed by atoms with van der Waals surface area (Å²) >= 11 is 0. The Morgan fingerprint density at radius 1 is 1.20 bits per heavy atom. The van der Waals surface area contributed by atoms with Gasteiger partial charge in [0.2, 0.25) is 0 Å². The van der Waals surface area contributed by atoms with Crippen molar-refractivity contribution in [1.29, 1.82) is 0 Å². The number of nitrogens with zero attached hydrogens (tertiary/aromatic N) is 2. The minimum Gasteiger partial charge on any atom is -0.389 e. The molecule has 0 spiro atoms. The molecule has 4 nitrogen and oxygen atoms in total. The van der Waals surface area contributed by atoms with Crippen molar-refractivity contribution in [3.63, 3.8) is 0 Å². The zero-order valence-corrected chi connectivity index (χ0v) is 10.1. The van der Waals surface area contributed by atoms with Gasteiger partial charge in [0.05, 0.1) is 18.8 Å². The Bertz CT molecular complexity index is 168. The van der Waals surface area contributed by atoms with E-state index >= 15 is 0 Å². The number of aliphatic hydroxyl groups excluding tert-OH is 1. The van der Waals surface area contributed by atoms with Crippen molar-refractivity contribution >= 4 is 0 Å². The summed E-state index contributed by atoms with van der Waals surface area (Å²) < 4.78 is 5.38. The van der Waals surface area contributed by atoms with E-state index in [0.29, 0.717) is 6.61 Å². The van der Waals surface area contributed by atoms with Gasteiger partial charge in [-0.05, 0) is 20.9 Å². The lowest BCUT2D eigenvalue weighted by atomic mass is 10.3. The van der Waals surface area contributed by atoms with E-state index in [9.17, 15) is 5.11 Å². The number of rotatable bonds is 5. The van der Waals surface area contributed by atoms with E-state index in [-0.39, 0.29) is 12.2 Å². The lowest BCUT2D eigenvalue weighted by molar-refractivity contribution is -0.0134. The molecule has 0 aliphatic carbocycles. The Morgan fingerprint density at radius 3 is 2.33 bits per heavy atom. The molecule has 1 fully saturated rings. The molecule has 0 amide bonds. The van der Waals surface area contributed by atoms with Crippen LogP contribution in [0, 0.1) is 0 Å². The molecule has 0 saturated carbocycles. The fraction of sp³-hybridized carbons (Fsp3) is 1.00. The summed E-state index contributed by atoms with van der Waals surface area (Å²) in [6.45, 7) is 9.45. The molecule has 0 aromatic heterocycles. The molecule has 90 valence electrons. The summed E-state index contributed by atoms with van der Waals surface area (Å²) in [5.41, 5.74) is 0. The summed E-state index contributed by atoms with van der Waals surface area (Å²) in [5.74, 6) is 0. The molecular formula is C11H24N2O2. The Hall–Kier alpha value is -0.160. The van der Waals surface area contributed by atoms with Gasteiger partial charge in [0.25, 0.3) is 0 Å². The first kappa shape index (κ1) is 12.9. The van der Waals surface area contributed by atoms with Crippen LogP contribution in [0.5, 0.6) is 0 Å². The first-order valence-corrected chi connectivity index (χ1v) is 5.78. The molecule has 0 aromatic carbocycles. The minimum absolute atomic E-state index is 0.201. The van der Waals surface area contributed by atoms with Gasteiger partial charge in [-0.3, -0.25) is 4.90 Å². The second-order valence-electron chi connectivity index (χ2n) is 4.64. The van der Waals surface area contributed by atoms with Gasteiger partial charge in [-0.1, -0.05) is 0 Å². The zero-order chi connectivity index (χ0) is 11.3. The average molecular weight is 216 g/mol. The normalized spacial score (nSPS) is 22.2. The van der Waals surface area contributed by atoms with Crippen molar-refractivity contribution in [2.24, 2.45) is 0 Å². The predicted molar refractivity (Wildman–Crippen MR) is 61.0 cm³/mol. The molecule has 15 heavy (non-hydrogen) atoms. The van der Waals surface area contributed by atoms with Crippen LogP contribution in [0.1, 0.15) is 13.8 Å². The van der Waals surface area contributed by atoms with E-state index in [2.05, 4.69) is 16.8 Å². The minimum atomic E-state index is -0.351. The first-order chi connectivity index (χ1) is 7.08. The Labute approximate surface area is 92.8 Å². The molecular weight excluding hydrogens is 192 g/mol. The van der Waals surface area contributed by atoms with Gasteiger partial charge < -0.3 is 14.7 Å². The van der Waals surface area contributed by atoms with Crippen LogP contribution in [0.4, 0.5) is 0 Å². The molecule has 1 saturated heterocycles. The van der Waals surface area contributed by atoms with Crippen LogP contribution in [0.25, 0.3) is 0 Å². The second-order valence-corrected chi connectivity index (χ2v) is 4.64. The number of likely N-dealkylation sites (N-methyl/N-ethyl adjacent to an activating group) is 1. The van der Waals surface area contributed by atoms with Crippen LogP contribution in [0.3, 0.4) is 0 Å². The number of hydrogen-bond donors (Lipinski definition) is 1. The molecule has 0 bridgehead atoms. The van der Waals surface area contributed by atoms with Gasteiger partial charge in [-0.2, -0.15) is 0 Å². The Morgan fingerprint density at radius 2 is 1.80 bits per heavy atom. The van der Waals surface area contributed by atoms with Gasteiger partial charge >= 0.3 is 0 Å². The highest BCUT2D eigenvalue weighted by Crippen LogP contribution is 2.01. The van der Waals surface area contributed by atoms with E-state index in [1.807, 2.05) is 13.8 Å². The van der Waals surface area contributed by atoms with Crippen molar-refractivity contribution in [2.45, 2.75) is 26.1 Å². The van der Waals surface area contributed by atoms with Crippen molar-refractivity contribution in [3.8, 4) is 0 Å². The number of ether oxygens (including phenoxy) is 1. The molecule has 1 atom stereocenters. The third kappa shape index (κ3) is 5.47. The molecule has 0 aromatic rings. The Kier molecular flexibility index (Phi) is 5.53. The van der Waals surface area contributed by atoms with Gasteiger partial charge in [-0.15, -0.1) is 0 Å². The highest BCUT2D eigenvalue weighted by Gasteiger charge is 2.17. The highest BCUT2D eigenvalue weighted by atomic mass is 16.5. The van der Waals surface area contributed by atoms with Crippen molar-refractivity contribution in [2.75, 3.05) is 46.4 Å². The molecule has 1 N–H and O–H groups in total. The van der Waals surface area contributed by atoms with Crippen molar-refractivity contribution in [3.05, 3.63) is 0 Å². The quantitative estimate of drug-likeness (QED) is 0.703. The van der Waals surface area contributed by atoms with Crippen molar-refractivity contribution < 1.29 is 9.84 Å². The molecule has 0 radical (unpaired) electrons.